The lowest BCUT2D eigenvalue weighted by molar-refractivity contribution is -0.131. The number of fused-ring (bicyclic) bond motifs is 1. The molecular weight excluding hydrogens is 684 g/mol. The van der Waals surface area contributed by atoms with Crippen molar-refractivity contribution in [3.8, 4) is 5.75 Å². The lowest BCUT2D eigenvalue weighted by Crippen LogP contribution is -2.62. The molecule has 0 heterocycles. The first kappa shape index (κ1) is 40.0. The third kappa shape index (κ3) is 10.9. The molecule has 6 N–H and O–H groups in total. The van der Waals surface area contributed by atoms with E-state index in [9.17, 15) is 24.6 Å². The largest absolute Gasteiger partial charge is 0.494 e. The molecule has 0 aliphatic heterocycles. The van der Waals surface area contributed by atoms with E-state index < -0.39 is 59.7 Å². The molecule has 4 aromatic carbocycles. The van der Waals surface area contributed by atoms with Crippen molar-refractivity contribution in [1.29, 1.82) is 0 Å². The fraction of sp³-hybridized carbons (Fsp3) is 0.372. The lowest BCUT2D eigenvalue weighted by atomic mass is 9.85. The fourth-order valence-electron chi connectivity index (χ4n) is 6.64. The van der Waals surface area contributed by atoms with Crippen LogP contribution >= 0.6 is 0 Å². The minimum Gasteiger partial charge on any atom is -0.494 e. The molecule has 1 aliphatic rings. The van der Waals surface area contributed by atoms with Gasteiger partial charge >= 0.3 is 6.09 Å². The second-order valence-electron chi connectivity index (χ2n) is 14.7. The fourth-order valence-corrected chi connectivity index (χ4v) is 6.64. The van der Waals surface area contributed by atoms with Gasteiger partial charge in [0, 0.05) is 13.0 Å². The minimum absolute atomic E-state index is 0.0253. The highest BCUT2D eigenvalue weighted by atomic mass is 16.5. The molecule has 6 atom stereocenters. The molecular formula is C43H52N4O7. The monoisotopic (exact) mass is 736 g/mol. The number of carbonyl (C=O) groups is 3. The Morgan fingerprint density at radius 1 is 0.796 bits per heavy atom. The van der Waals surface area contributed by atoms with Crippen LogP contribution in [0.4, 0.5) is 4.79 Å². The van der Waals surface area contributed by atoms with Crippen molar-refractivity contribution in [2.24, 2.45) is 5.41 Å². The van der Waals surface area contributed by atoms with Crippen molar-refractivity contribution in [3.63, 3.8) is 0 Å². The lowest BCUT2D eigenvalue weighted by Gasteiger charge is -2.35. The van der Waals surface area contributed by atoms with Crippen LogP contribution in [0, 0.1) is 5.41 Å². The van der Waals surface area contributed by atoms with Crippen LogP contribution in [0.3, 0.4) is 0 Å². The first-order valence-electron chi connectivity index (χ1n) is 18.4. The predicted octanol–water partition coefficient (Wildman–Crippen LogP) is 4.75. The van der Waals surface area contributed by atoms with Crippen LogP contribution in [0.2, 0.25) is 0 Å². The summed E-state index contributed by atoms with van der Waals surface area (Å²) in [5.74, 6) is -0.387. The van der Waals surface area contributed by atoms with Crippen molar-refractivity contribution in [3.05, 3.63) is 137 Å². The van der Waals surface area contributed by atoms with Crippen molar-refractivity contribution in [1.82, 2.24) is 21.3 Å². The number of aliphatic hydroxyl groups is 2. The number of hydrogen-bond acceptors (Lipinski definition) is 8. The summed E-state index contributed by atoms with van der Waals surface area (Å²) in [6, 6.07) is 29.5. The molecule has 54 heavy (non-hydrogen) atoms. The third-order valence-corrected chi connectivity index (χ3v) is 9.53. The van der Waals surface area contributed by atoms with Gasteiger partial charge in [-0.1, -0.05) is 118 Å². The van der Waals surface area contributed by atoms with Gasteiger partial charge in [0.1, 0.15) is 24.4 Å². The van der Waals surface area contributed by atoms with Crippen molar-refractivity contribution in [2.45, 2.75) is 90.1 Å². The average molecular weight is 737 g/mol. The molecule has 0 fully saturated rings. The van der Waals surface area contributed by atoms with E-state index in [0.717, 1.165) is 27.8 Å². The van der Waals surface area contributed by atoms with Gasteiger partial charge in [0.05, 0.1) is 30.9 Å². The highest BCUT2D eigenvalue weighted by Gasteiger charge is 2.40. The number of amides is 3. The quantitative estimate of drug-likeness (QED) is 0.0963. The number of carbonyl (C=O) groups excluding carboxylic acids is 3. The van der Waals surface area contributed by atoms with Gasteiger partial charge in [0.25, 0.3) is 0 Å². The van der Waals surface area contributed by atoms with E-state index in [1.807, 2.05) is 137 Å². The van der Waals surface area contributed by atoms with Gasteiger partial charge in [-0.3, -0.25) is 14.9 Å². The molecule has 0 bridgehead atoms. The smallest absolute Gasteiger partial charge is 0.408 e. The minimum atomic E-state index is -1.46. The van der Waals surface area contributed by atoms with Crippen LogP contribution in [0.1, 0.15) is 61.6 Å². The molecule has 4 aromatic rings. The standard InChI is InChI=1S/C43H52N4O7/c1-5-53-32-22-20-29(21-23-32)26-44-37(40(50)46-36-33-19-13-12-18-31(33)25-35(36)48)38(49)34(24-28-14-8-6-9-15-28)45-41(51)39(43(2,3)4)47-42(52)54-27-30-16-10-7-11-17-30/h6-23,34-39,44,48-49H,5,24-27H2,1-4H3,(H,45,51)(H,46,50)(H,47,52)/t34-,35?,36-,37+,38+,39+/m0/s1. The molecule has 286 valence electrons. The Bertz CT molecular complexity index is 1820. The van der Waals surface area contributed by atoms with Crippen LogP contribution in [0.5, 0.6) is 5.75 Å². The number of alkyl carbamates (subject to hydrolysis) is 1. The topological polar surface area (TPSA) is 158 Å². The highest BCUT2D eigenvalue weighted by molar-refractivity contribution is 5.87. The number of ether oxygens (including phenoxy) is 2. The molecule has 0 aromatic heterocycles. The molecule has 0 saturated heterocycles. The van der Waals surface area contributed by atoms with Crippen molar-refractivity contribution in [2.75, 3.05) is 6.61 Å². The summed E-state index contributed by atoms with van der Waals surface area (Å²) in [5.41, 5.74) is 3.44. The Morgan fingerprint density at radius 2 is 1.43 bits per heavy atom. The van der Waals surface area contributed by atoms with Gasteiger partial charge in [-0.2, -0.15) is 0 Å². The summed E-state index contributed by atoms with van der Waals surface area (Å²) in [5, 5.41) is 35.1. The maximum absolute atomic E-state index is 14.3. The summed E-state index contributed by atoms with van der Waals surface area (Å²) in [6.45, 7) is 8.11. The Balaban J connectivity index is 1.40. The number of rotatable bonds is 16. The van der Waals surface area contributed by atoms with E-state index in [4.69, 9.17) is 9.47 Å². The Morgan fingerprint density at radius 3 is 2.07 bits per heavy atom. The molecule has 11 heteroatoms. The number of hydrogen-bond donors (Lipinski definition) is 6. The molecule has 1 unspecified atom stereocenters. The summed E-state index contributed by atoms with van der Waals surface area (Å²) in [6.07, 6.45) is -2.52. The van der Waals surface area contributed by atoms with Gasteiger partial charge < -0.3 is 35.6 Å². The van der Waals surface area contributed by atoms with E-state index in [0.29, 0.717) is 18.8 Å². The third-order valence-electron chi connectivity index (χ3n) is 9.53. The van der Waals surface area contributed by atoms with Gasteiger partial charge in [0.2, 0.25) is 11.8 Å². The van der Waals surface area contributed by atoms with Crippen LogP contribution < -0.4 is 26.0 Å². The number of aliphatic hydroxyl groups excluding tert-OH is 2. The molecule has 5 rings (SSSR count). The van der Waals surface area contributed by atoms with E-state index in [1.165, 1.54) is 0 Å². The summed E-state index contributed by atoms with van der Waals surface area (Å²) >= 11 is 0. The van der Waals surface area contributed by atoms with E-state index >= 15 is 0 Å². The maximum atomic E-state index is 14.3. The predicted molar refractivity (Wildman–Crippen MR) is 206 cm³/mol. The molecule has 0 saturated carbocycles. The van der Waals surface area contributed by atoms with Crippen LogP contribution in [-0.2, 0) is 40.3 Å². The zero-order valence-corrected chi connectivity index (χ0v) is 31.3. The molecule has 0 radical (unpaired) electrons. The number of benzene rings is 4. The molecule has 1 aliphatic carbocycles. The Labute approximate surface area is 317 Å². The Kier molecular flexibility index (Phi) is 13.8. The zero-order chi connectivity index (χ0) is 38.7. The maximum Gasteiger partial charge on any atom is 0.408 e. The highest BCUT2D eigenvalue weighted by Crippen LogP contribution is 2.31. The van der Waals surface area contributed by atoms with Crippen molar-refractivity contribution < 1.29 is 34.1 Å². The molecule has 0 spiro atoms. The van der Waals surface area contributed by atoms with E-state index in [2.05, 4.69) is 21.3 Å². The van der Waals surface area contributed by atoms with Gasteiger partial charge in [-0.15, -0.1) is 0 Å². The SMILES string of the molecule is CCOc1ccc(CN[C@@H](C(=O)N[C@H]2c3ccccc3CC2O)[C@H](O)[C@H](Cc2ccccc2)NC(=O)[C@@H](NC(=O)OCc2ccccc2)C(C)(C)C)cc1. The van der Waals surface area contributed by atoms with Crippen molar-refractivity contribution >= 4 is 17.9 Å². The first-order valence-corrected chi connectivity index (χ1v) is 18.4. The second kappa shape index (κ2) is 18.7. The Hall–Kier alpha value is -5.23. The average Bonchev–Trinajstić information content (AvgIpc) is 3.47. The summed E-state index contributed by atoms with van der Waals surface area (Å²) in [4.78, 5) is 41.4. The number of nitrogens with one attached hydrogen (secondary N) is 4. The van der Waals surface area contributed by atoms with Gasteiger partial charge in [0.15, 0.2) is 0 Å². The van der Waals surface area contributed by atoms with Crippen LogP contribution in [0.15, 0.2) is 109 Å². The normalized spacial score (nSPS) is 17.3. The van der Waals surface area contributed by atoms with Gasteiger partial charge in [-0.25, -0.2) is 4.79 Å². The first-order chi connectivity index (χ1) is 25.9. The van der Waals surface area contributed by atoms with Crippen LogP contribution in [-0.4, -0.2) is 65.1 Å². The molecule has 3 amide bonds. The van der Waals surface area contributed by atoms with Crippen LogP contribution in [0.25, 0.3) is 0 Å². The van der Waals surface area contributed by atoms with E-state index in [-0.39, 0.29) is 19.6 Å². The summed E-state index contributed by atoms with van der Waals surface area (Å²) < 4.78 is 11.0. The second-order valence-corrected chi connectivity index (χ2v) is 14.7. The summed E-state index contributed by atoms with van der Waals surface area (Å²) in [7, 11) is 0. The zero-order valence-electron chi connectivity index (χ0n) is 31.3. The van der Waals surface area contributed by atoms with E-state index in [1.54, 1.807) is 0 Å². The molecule has 11 nitrogen and oxygen atoms in total. The van der Waals surface area contributed by atoms with Gasteiger partial charge in [-0.05, 0) is 58.7 Å².